The topological polar surface area (TPSA) is 110 Å². The SMILES string of the molecule is CCC(C)(CCO)Nc1ccc(S(C)(=O)=O)cc1[N+](=O)[O-]. The molecule has 2 N–H and O–H groups in total. The van der Waals surface area contributed by atoms with Gasteiger partial charge in [0, 0.05) is 24.5 Å². The minimum Gasteiger partial charge on any atom is -0.396 e. The highest BCUT2D eigenvalue weighted by atomic mass is 32.2. The standard InChI is InChI=1S/C13H20N2O5S/c1-4-13(2,7-8-16)14-11-6-5-10(21(3,19)20)9-12(11)15(17)18/h5-6,9,14,16H,4,7-8H2,1-3H3. The minimum atomic E-state index is -3.51. The third kappa shape index (κ3) is 4.40. The Morgan fingerprint density at radius 3 is 2.48 bits per heavy atom. The molecular weight excluding hydrogens is 296 g/mol. The van der Waals surface area contributed by atoms with Crippen LogP contribution in [0.4, 0.5) is 11.4 Å². The highest BCUT2D eigenvalue weighted by molar-refractivity contribution is 7.90. The molecule has 1 aromatic rings. The van der Waals surface area contributed by atoms with Crippen molar-refractivity contribution in [3.63, 3.8) is 0 Å². The molecule has 1 unspecified atom stereocenters. The van der Waals surface area contributed by atoms with Crippen molar-refractivity contribution in [1.29, 1.82) is 0 Å². The predicted molar refractivity (Wildman–Crippen MR) is 80.2 cm³/mol. The van der Waals surface area contributed by atoms with Crippen LogP contribution in [0.3, 0.4) is 0 Å². The Labute approximate surface area is 124 Å². The summed E-state index contributed by atoms with van der Waals surface area (Å²) in [6.45, 7) is 3.70. The van der Waals surface area contributed by atoms with E-state index in [1.165, 1.54) is 12.1 Å². The number of nitrogens with one attached hydrogen (secondary N) is 1. The van der Waals surface area contributed by atoms with Gasteiger partial charge in [0.05, 0.1) is 9.82 Å². The third-order valence-electron chi connectivity index (χ3n) is 3.47. The second-order valence-electron chi connectivity index (χ2n) is 5.22. The molecule has 0 aliphatic rings. The van der Waals surface area contributed by atoms with Crippen LogP contribution in [0.5, 0.6) is 0 Å². The number of rotatable bonds is 7. The minimum absolute atomic E-state index is 0.0490. The summed E-state index contributed by atoms with van der Waals surface area (Å²) in [6.07, 6.45) is 2.08. The summed E-state index contributed by atoms with van der Waals surface area (Å²) in [5.74, 6) is 0. The first kappa shape index (κ1) is 17.4. The van der Waals surface area contributed by atoms with E-state index in [0.29, 0.717) is 12.8 Å². The van der Waals surface area contributed by atoms with E-state index < -0.39 is 20.3 Å². The van der Waals surface area contributed by atoms with Crippen molar-refractivity contribution < 1.29 is 18.4 Å². The Kier molecular flexibility index (Phi) is 5.30. The van der Waals surface area contributed by atoms with E-state index in [-0.39, 0.29) is 22.9 Å². The average Bonchev–Trinajstić information content (AvgIpc) is 2.37. The molecule has 1 aromatic carbocycles. The molecule has 1 rings (SSSR count). The quantitative estimate of drug-likeness (QED) is 0.588. The number of aliphatic hydroxyl groups is 1. The van der Waals surface area contributed by atoms with Crippen molar-refractivity contribution >= 4 is 21.2 Å². The molecule has 0 saturated heterocycles. The lowest BCUT2D eigenvalue weighted by molar-refractivity contribution is -0.384. The Hall–Kier alpha value is -1.67. The van der Waals surface area contributed by atoms with Crippen LogP contribution >= 0.6 is 0 Å². The van der Waals surface area contributed by atoms with E-state index in [1.54, 1.807) is 0 Å². The van der Waals surface area contributed by atoms with E-state index in [9.17, 15) is 18.5 Å². The van der Waals surface area contributed by atoms with Gasteiger partial charge in [-0.3, -0.25) is 10.1 Å². The fourth-order valence-electron chi connectivity index (χ4n) is 1.90. The molecule has 0 aliphatic heterocycles. The molecule has 0 aromatic heterocycles. The first-order chi connectivity index (χ1) is 9.63. The fraction of sp³-hybridized carbons (Fsp3) is 0.538. The fourth-order valence-corrected chi connectivity index (χ4v) is 2.54. The van der Waals surface area contributed by atoms with Crippen molar-refractivity contribution in [3.05, 3.63) is 28.3 Å². The average molecular weight is 316 g/mol. The molecule has 0 heterocycles. The monoisotopic (exact) mass is 316 g/mol. The molecule has 0 bridgehead atoms. The van der Waals surface area contributed by atoms with Gasteiger partial charge < -0.3 is 10.4 Å². The zero-order valence-electron chi connectivity index (χ0n) is 12.3. The van der Waals surface area contributed by atoms with Crippen molar-refractivity contribution in [2.45, 2.75) is 37.1 Å². The number of nitrogens with zero attached hydrogens (tertiary/aromatic N) is 1. The summed E-state index contributed by atoms with van der Waals surface area (Å²) < 4.78 is 23.0. The lowest BCUT2D eigenvalue weighted by Crippen LogP contribution is -2.35. The molecule has 0 radical (unpaired) electrons. The van der Waals surface area contributed by atoms with Crippen LogP contribution in [-0.2, 0) is 9.84 Å². The van der Waals surface area contributed by atoms with Gasteiger partial charge in [0.1, 0.15) is 5.69 Å². The van der Waals surface area contributed by atoms with E-state index >= 15 is 0 Å². The lowest BCUT2D eigenvalue weighted by atomic mass is 9.94. The summed E-state index contributed by atoms with van der Waals surface area (Å²) in [5.41, 5.74) is -0.563. The smallest absolute Gasteiger partial charge is 0.293 e. The Balaban J connectivity index is 3.28. The van der Waals surface area contributed by atoms with Crippen LogP contribution in [0.25, 0.3) is 0 Å². The second-order valence-corrected chi connectivity index (χ2v) is 7.24. The molecule has 0 aliphatic carbocycles. The highest BCUT2D eigenvalue weighted by Gasteiger charge is 2.26. The number of nitro groups is 1. The van der Waals surface area contributed by atoms with Crippen LogP contribution in [0, 0.1) is 10.1 Å². The van der Waals surface area contributed by atoms with Gasteiger partial charge in [0.2, 0.25) is 0 Å². The van der Waals surface area contributed by atoms with Crippen LogP contribution < -0.4 is 5.32 Å². The highest BCUT2D eigenvalue weighted by Crippen LogP contribution is 2.31. The first-order valence-electron chi connectivity index (χ1n) is 6.50. The van der Waals surface area contributed by atoms with Gasteiger partial charge in [-0.1, -0.05) is 6.92 Å². The maximum Gasteiger partial charge on any atom is 0.293 e. The number of hydrogen-bond donors (Lipinski definition) is 2. The number of hydrogen-bond acceptors (Lipinski definition) is 6. The first-order valence-corrected chi connectivity index (χ1v) is 8.39. The Morgan fingerprint density at radius 2 is 2.05 bits per heavy atom. The van der Waals surface area contributed by atoms with Gasteiger partial charge in [0.15, 0.2) is 9.84 Å². The molecule has 0 fully saturated rings. The Morgan fingerprint density at radius 1 is 1.43 bits per heavy atom. The number of benzene rings is 1. The predicted octanol–water partition coefficient (Wildman–Crippen LogP) is 1.96. The van der Waals surface area contributed by atoms with Crippen LogP contribution in [0.15, 0.2) is 23.1 Å². The maximum atomic E-state index is 11.5. The van der Waals surface area contributed by atoms with Gasteiger partial charge in [0.25, 0.3) is 5.69 Å². The van der Waals surface area contributed by atoms with Gasteiger partial charge in [-0.25, -0.2) is 8.42 Å². The van der Waals surface area contributed by atoms with E-state index in [2.05, 4.69) is 5.32 Å². The summed E-state index contributed by atoms with van der Waals surface area (Å²) in [6, 6.07) is 3.77. The van der Waals surface area contributed by atoms with Gasteiger partial charge in [-0.15, -0.1) is 0 Å². The second kappa shape index (κ2) is 6.40. The van der Waals surface area contributed by atoms with Crippen LogP contribution in [0.2, 0.25) is 0 Å². The third-order valence-corrected chi connectivity index (χ3v) is 4.58. The lowest BCUT2D eigenvalue weighted by Gasteiger charge is -2.30. The van der Waals surface area contributed by atoms with E-state index in [0.717, 1.165) is 12.3 Å². The van der Waals surface area contributed by atoms with Crippen molar-refractivity contribution in [1.82, 2.24) is 0 Å². The number of aliphatic hydroxyl groups excluding tert-OH is 1. The zero-order chi connectivity index (χ0) is 16.3. The largest absolute Gasteiger partial charge is 0.396 e. The molecule has 21 heavy (non-hydrogen) atoms. The molecule has 0 amide bonds. The zero-order valence-corrected chi connectivity index (χ0v) is 13.1. The molecule has 118 valence electrons. The molecular formula is C13H20N2O5S. The van der Waals surface area contributed by atoms with Gasteiger partial charge >= 0.3 is 0 Å². The number of anilines is 1. The number of nitro benzene ring substituents is 1. The summed E-state index contributed by atoms with van der Waals surface area (Å²) in [5, 5.41) is 23.3. The van der Waals surface area contributed by atoms with Crippen molar-refractivity contribution in [2.75, 3.05) is 18.2 Å². The maximum absolute atomic E-state index is 11.5. The summed E-state index contributed by atoms with van der Waals surface area (Å²) in [7, 11) is -3.51. The van der Waals surface area contributed by atoms with Crippen LogP contribution in [0.1, 0.15) is 26.7 Å². The molecule has 1 atom stereocenters. The Bertz CT molecular complexity index is 629. The molecule has 0 saturated carbocycles. The number of sulfone groups is 1. The molecule has 0 spiro atoms. The van der Waals surface area contributed by atoms with E-state index in [4.69, 9.17) is 5.11 Å². The normalized spacial score (nSPS) is 14.5. The van der Waals surface area contributed by atoms with Gasteiger partial charge in [-0.2, -0.15) is 0 Å². The van der Waals surface area contributed by atoms with Crippen molar-refractivity contribution in [3.8, 4) is 0 Å². The van der Waals surface area contributed by atoms with E-state index in [1.807, 2.05) is 13.8 Å². The molecule has 7 nitrogen and oxygen atoms in total. The van der Waals surface area contributed by atoms with Crippen LogP contribution in [-0.4, -0.2) is 36.8 Å². The van der Waals surface area contributed by atoms with Gasteiger partial charge in [-0.05, 0) is 31.9 Å². The summed E-state index contributed by atoms with van der Waals surface area (Å²) >= 11 is 0. The summed E-state index contributed by atoms with van der Waals surface area (Å²) in [4.78, 5) is 10.4. The molecule has 8 heteroatoms. The van der Waals surface area contributed by atoms with Crippen molar-refractivity contribution in [2.24, 2.45) is 0 Å².